The number of anilines is 1. The number of rotatable bonds is 3. The lowest BCUT2D eigenvalue weighted by molar-refractivity contribution is -0.133. The van der Waals surface area contributed by atoms with Crippen molar-refractivity contribution < 1.29 is 4.79 Å². The Morgan fingerprint density at radius 3 is 2.38 bits per heavy atom. The van der Waals surface area contributed by atoms with Crippen LogP contribution < -0.4 is 4.90 Å². The molecule has 2 aliphatic rings. The van der Waals surface area contributed by atoms with Crippen molar-refractivity contribution >= 4 is 11.7 Å². The van der Waals surface area contributed by atoms with Gasteiger partial charge >= 0.3 is 0 Å². The molecular formula is C16H24N4O. The van der Waals surface area contributed by atoms with E-state index in [0.29, 0.717) is 17.9 Å². The third-order valence-corrected chi connectivity index (χ3v) is 4.43. The Kier molecular flexibility index (Phi) is 3.38. The number of hydrogen-bond acceptors (Lipinski definition) is 4. The first-order chi connectivity index (χ1) is 9.86. The van der Waals surface area contributed by atoms with Gasteiger partial charge in [-0.05, 0) is 25.0 Å². The first-order valence-electron chi connectivity index (χ1n) is 7.72. The highest BCUT2D eigenvalue weighted by atomic mass is 16.2. The van der Waals surface area contributed by atoms with Crippen molar-refractivity contribution in [3.63, 3.8) is 0 Å². The van der Waals surface area contributed by atoms with Crippen LogP contribution in [0.1, 0.15) is 39.3 Å². The lowest BCUT2D eigenvalue weighted by Crippen LogP contribution is -2.60. The monoisotopic (exact) mass is 288 g/mol. The van der Waals surface area contributed by atoms with E-state index in [4.69, 9.17) is 0 Å². The minimum atomic E-state index is 0.0277. The van der Waals surface area contributed by atoms with Crippen LogP contribution in [0.3, 0.4) is 0 Å². The van der Waals surface area contributed by atoms with Gasteiger partial charge in [0.1, 0.15) is 0 Å². The molecule has 5 heteroatoms. The summed E-state index contributed by atoms with van der Waals surface area (Å²) in [5.74, 6) is 1.52. The molecule has 21 heavy (non-hydrogen) atoms. The van der Waals surface area contributed by atoms with Crippen molar-refractivity contribution in [1.29, 1.82) is 0 Å². The molecule has 1 saturated heterocycles. The molecule has 0 unspecified atom stereocenters. The number of amides is 1. The van der Waals surface area contributed by atoms with Crippen LogP contribution in [-0.4, -0.2) is 47.2 Å². The van der Waals surface area contributed by atoms with Crippen molar-refractivity contribution in [2.75, 3.05) is 25.0 Å². The molecule has 0 bridgehead atoms. The Hall–Kier alpha value is -1.65. The summed E-state index contributed by atoms with van der Waals surface area (Å²) in [5.41, 5.74) is 1.03. The zero-order chi connectivity index (χ0) is 15.2. The summed E-state index contributed by atoms with van der Waals surface area (Å²) in [6, 6.07) is 4.41. The molecule has 1 saturated carbocycles. The van der Waals surface area contributed by atoms with Crippen LogP contribution in [0.25, 0.3) is 0 Å². The lowest BCUT2D eigenvalue weighted by Gasteiger charge is -2.44. The first kappa shape index (κ1) is 14.3. The summed E-state index contributed by atoms with van der Waals surface area (Å²) in [6.45, 7) is 8.12. The molecular weight excluding hydrogens is 264 g/mol. The maximum atomic E-state index is 12.0. The Balaban J connectivity index is 1.57. The zero-order valence-corrected chi connectivity index (χ0v) is 13.3. The fourth-order valence-corrected chi connectivity index (χ4v) is 2.58. The van der Waals surface area contributed by atoms with E-state index in [1.54, 1.807) is 0 Å². The van der Waals surface area contributed by atoms with Gasteiger partial charge in [0.05, 0.1) is 11.7 Å². The highest BCUT2D eigenvalue weighted by molar-refractivity contribution is 5.81. The molecule has 114 valence electrons. The summed E-state index contributed by atoms with van der Waals surface area (Å²) >= 11 is 0. The van der Waals surface area contributed by atoms with Crippen molar-refractivity contribution in [2.24, 2.45) is 5.92 Å². The predicted molar refractivity (Wildman–Crippen MR) is 82.2 cm³/mol. The van der Waals surface area contributed by atoms with Crippen LogP contribution in [0.5, 0.6) is 0 Å². The van der Waals surface area contributed by atoms with Crippen molar-refractivity contribution in [3.05, 3.63) is 17.8 Å². The standard InChI is InChI=1S/C16H24N4O/c1-16(2,3)13-7-8-14(18-17-13)20-9-12(10-20)19(4)15(21)11-5-6-11/h7-8,11-12H,5-6,9-10H2,1-4H3. The van der Waals surface area contributed by atoms with E-state index in [2.05, 4.69) is 41.9 Å². The fraction of sp³-hybridized carbons (Fsp3) is 0.688. The highest BCUT2D eigenvalue weighted by Crippen LogP contribution is 2.32. The molecule has 5 nitrogen and oxygen atoms in total. The third kappa shape index (κ3) is 2.87. The van der Waals surface area contributed by atoms with Crippen LogP contribution >= 0.6 is 0 Å². The van der Waals surface area contributed by atoms with Gasteiger partial charge < -0.3 is 9.80 Å². The predicted octanol–water partition coefficient (Wildman–Crippen LogP) is 1.83. The summed E-state index contributed by atoms with van der Waals surface area (Å²) < 4.78 is 0. The van der Waals surface area contributed by atoms with E-state index in [1.165, 1.54) is 0 Å². The number of carbonyl (C=O) groups is 1. The summed E-state index contributed by atoms with van der Waals surface area (Å²) in [7, 11) is 1.93. The summed E-state index contributed by atoms with van der Waals surface area (Å²) in [4.78, 5) is 16.1. The van der Waals surface area contributed by atoms with Gasteiger partial charge in [0.25, 0.3) is 0 Å². The normalized spacial score (nSPS) is 19.3. The Morgan fingerprint density at radius 1 is 1.24 bits per heavy atom. The van der Waals surface area contributed by atoms with Crippen LogP contribution in [0.15, 0.2) is 12.1 Å². The molecule has 0 atom stereocenters. The first-order valence-corrected chi connectivity index (χ1v) is 7.72. The molecule has 1 aliphatic heterocycles. The molecule has 0 N–H and O–H groups in total. The van der Waals surface area contributed by atoms with Gasteiger partial charge in [-0.1, -0.05) is 20.8 Å². The molecule has 2 heterocycles. The van der Waals surface area contributed by atoms with Gasteiger partial charge in [-0.3, -0.25) is 4.79 Å². The Bertz CT molecular complexity index is 524. The van der Waals surface area contributed by atoms with E-state index in [9.17, 15) is 4.79 Å². The SMILES string of the molecule is CN(C(=O)C1CC1)C1CN(c2ccc(C(C)(C)C)nn2)C1. The zero-order valence-electron chi connectivity index (χ0n) is 13.3. The van der Waals surface area contributed by atoms with Gasteiger partial charge in [-0.15, -0.1) is 5.10 Å². The third-order valence-electron chi connectivity index (χ3n) is 4.43. The van der Waals surface area contributed by atoms with Crippen LogP contribution in [-0.2, 0) is 10.2 Å². The minimum Gasteiger partial charge on any atom is -0.351 e. The van der Waals surface area contributed by atoms with Gasteiger partial charge in [0.15, 0.2) is 5.82 Å². The second-order valence-corrected chi connectivity index (χ2v) is 7.31. The summed E-state index contributed by atoms with van der Waals surface area (Å²) in [6.07, 6.45) is 2.14. The molecule has 2 fully saturated rings. The topological polar surface area (TPSA) is 49.3 Å². The Morgan fingerprint density at radius 2 is 1.90 bits per heavy atom. The molecule has 0 radical (unpaired) electrons. The van der Waals surface area contributed by atoms with Gasteiger partial charge in [-0.2, -0.15) is 5.10 Å². The maximum Gasteiger partial charge on any atom is 0.225 e. The quantitative estimate of drug-likeness (QED) is 0.851. The molecule has 3 rings (SSSR count). The largest absolute Gasteiger partial charge is 0.351 e. The molecule has 1 aliphatic carbocycles. The van der Waals surface area contributed by atoms with Crippen molar-refractivity contribution in [2.45, 2.75) is 45.1 Å². The average molecular weight is 288 g/mol. The highest BCUT2D eigenvalue weighted by Gasteiger charge is 2.39. The van der Waals surface area contributed by atoms with Crippen LogP contribution in [0.4, 0.5) is 5.82 Å². The van der Waals surface area contributed by atoms with E-state index in [-0.39, 0.29) is 5.41 Å². The number of nitrogens with zero attached hydrogens (tertiary/aromatic N) is 4. The maximum absolute atomic E-state index is 12.0. The average Bonchev–Trinajstić information content (AvgIpc) is 3.19. The van der Waals surface area contributed by atoms with Crippen molar-refractivity contribution in [1.82, 2.24) is 15.1 Å². The van der Waals surface area contributed by atoms with E-state index in [1.807, 2.05) is 18.0 Å². The van der Waals surface area contributed by atoms with Gasteiger partial charge in [-0.25, -0.2) is 0 Å². The summed E-state index contributed by atoms with van der Waals surface area (Å²) in [5, 5.41) is 8.65. The Labute approximate surface area is 126 Å². The molecule has 0 spiro atoms. The molecule has 0 aromatic carbocycles. The van der Waals surface area contributed by atoms with Crippen LogP contribution in [0, 0.1) is 5.92 Å². The number of likely N-dealkylation sites (N-methyl/N-ethyl adjacent to an activating group) is 1. The smallest absolute Gasteiger partial charge is 0.225 e. The number of aromatic nitrogens is 2. The molecule has 1 aromatic heterocycles. The number of hydrogen-bond donors (Lipinski definition) is 0. The second kappa shape index (κ2) is 4.97. The fourth-order valence-electron chi connectivity index (χ4n) is 2.58. The van der Waals surface area contributed by atoms with Gasteiger partial charge in [0, 0.05) is 31.5 Å². The van der Waals surface area contributed by atoms with Crippen LogP contribution in [0.2, 0.25) is 0 Å². The van der Waals surface area contributed by atoms with E-state index < -0.39 is 0 Å². The molecule has 1 aromatic rings. The van der Waals surface area contributed by atoms with Crippen molar-refractivity contribution in [3.8, 4) is 0 Å². The second-order valence-electron chi connectivity index (χ2n) is 7.31. The number of carbonyl (C=O) groups excluding carboxylic acids is 1. The minimum absolute atomic E-state index is 0.0277. The molecule has 1 amide bonds. The lowest BCUT2D eigenvalue weighted by atomic mass is 9.92. The van der Waals surface area contributed by atoms with E-state index in [0.717, 1.165) is 37.4 Å². The van der Waals surface area contributed by atoms with Gasteiger partial charge in [0.2, 0.25) is 5.91 Å². The van der Waals surface area contributed by atoms with E-state index >= 15 is 0 Å².